The van der Waals surface area contributed by atoms with E-state index in [1.165, 1.54) is 44.9 Å². The highest BCUT2D eigenvalue weighted by Crippen LogP contribution is 2.51. The molecular formula is C45H92O3. The molecule has 0 aromatic carbocycles. The van der Waals surface area contributed by atoms with Crippen LogP contribution in [0.2, 0.25) is 0 Å². The molecule has 3 heteroatoms. The highest BCUT2D eigenvalue weighted by atomic mass is 16.6. The molecule has 0 radical (unpaired) electrons. The van der Waals surface area contributed by atoms with E-state index < -0.39 is 0 Å². The third-order valence-corrected chi connectivity index (χ3v) is 11.5. The van der Waals surface area contributed by atoms with Gasteiger partial charge in [0.05, 0.1) is 37.1 Å². The quantitative estimate of drug-likeness (QED) is 0.251. The summed E-state index contributed by atoms with van der Waals surface area (Å²) >= 11 is 0. The minimum absolute atomic E-state index is 0.189. The van der Waals surface area contributed by atoms with Gasteiger partial charge in [-0.25, -0.2) is 0 Å². The Kier molecular flexibility index (Phi) is 22.7. The van der Waals surface area contributed by atoms with Gasteiger partial charge in [0.1, 0.15) is 0 Å². The van der Waals surface area contributed by atoms with Gasteiger partial charge in [0.15, 0.2) is 0 Å². The number of epoxide rings is 3. The van der Waals surface area contributed by atoms with Crippen LogP contribution in [-0.4, -0.2) is 37.1 Å². The van der Waals surface area contributed by atoms with Crippen LogP contribution >= 0.6 is 0 Å². The van der Waals surface area contributed by atoms with Gasteiger partial charge in [-0.2, -0.15) is 0 Å². The van der Waals surface area contributed by atoms with Crippen LogP contribution < -0.4 is 0 Å². The molecule has 3 nitrogen and oxygen atoms in total. The van der Waals surface area contributed by atoms with E-state index in [4.69, 9.17) is 14.2 Å². The lowest BCUT2D eigenvalue weighted by molar-refractivity contribution is 0.304. The van der Waals surface area contributed by atoms with Crippen LogP contribution in [0.5, 0.6) is 0 Å². The molecule has 4 unspecified atom stereocenters. The van der Waals surface area contributed by atoms with Crippen molar-refractivity contribution in [3.05, 3.63) is 0 Å². The lowest BCUT2D eigenvalue weighted by atomic mass is 9.95. The Hall–Kier alpha value is -0.120. The zero-order valence-electron chi connectivity index (χ0n) is 36.7. The Labute approximate surface area is 304 Å². The number of hydrogen-bond donors (Lipinski definition) is 0. The summed E-state index contributed by atoms with van der Waals surface area (Å²) < 4.78 is 15.3. The Bertz CT molecular complexity index is 710. The van der Waals surface area contributed by atoms with Crippen molar-refractivity contribution in [3.8, 4) is 0 Å². The van der Waals surface area contributed by atoms with Gasteiger partial charge in [-0.15, -0.1) is 0 Å². The maximum absolute atomic E-state index is 5.37. The molecule has 5 atom stereocenters. The average Bonchev–Trinajstić information content (AvgIpc) is 3.80. The predicted octanol–water partition coefficient (Wildman–Crippen LogP) is 13.8. The van der Waals surface area contributed by atoms with E-state index in [1.807, 2.05) is 13.8 Å². The standard InChI is InChI=1S/C7H14O.2C7H14.2C6H12.2C5H10O.C2H6/c1-5(2)6-7(3,4)8-6;1-6(2)7(3)4-5-7;1-5(2)7-4-6(7)3;2*1-5(2)6-3-4-6;2*1-4(2)5-3-6-5;1-2/h5-6H,1-4H3;6H,4-5H2,1-3H3;5-7H,4H2,1-3H3;2*5-6H,3-4H2,1-2H3;2*4-5H,3H2,1-2H3;1-2H3/t;;;;;5-;;/m.....0../s1. The molecule has 4 saturated carbocycles. The monoisotopic (exact) mass is 681 g/mol. The van der Waals surface area contributed by atoms with Crippen LogP contribution in [0.1, 0.15) is 183 Å². The average molecular weight is 681 g/mol. The van der Waals surface area contributed by atoms with Crippen LogP contribution in [0.3, 0.4) is 0 Å². The summed E-state index contributed by atoms with van der Waals surface area (Å²) in [7, 11) is 0. The molecule has 3 heterocycles. The molecule has 0 spiro atoms. The lowest BCUT2D eigenvalue weighted by Crippen LogP contribution is -2.08. The summed E-state index contributed by atoms with van der Waals surface area (Å²) in [5.41, 5.74) is 0.939. The molecule has 7 rings (SSSR count). The first-order valence-corrected chi connectivity index (χ1v) is 21.0. The Balaban J connectivity index is 0.000000533. The second-order valence-corrected chi connectivity index (χ2v) is 19.2. The highest BCUT2D eigenvalue weighted by Gasteiger charge is 2.49. The normalized spacial score (nSPS) is 28.7. The molecule has 0 amide bonds. The fourth-order valence-corrected chi connectivity index (χ4v) is 5.69. The molecule has 3 saturated heterocycles. The van der Waals surface area contributed by atoms with Crippen LogP contribution in [-0.2, 0) is 14.2 Å². The number of ether oxygens (including phenoxy) is 3. The summed E-state index contributed by atoms with van der Waals surface area (Å²) in [6.07, 6.45) is 12.1. The van der Waals surface area contributed by atoms with Gasteiger partial charge < -0.3 is 14.2 Å². The summed E-state index contributed by atoms with van der Waals surface area (Å²) in [5.74, 6) is 10.3. The van der Waals surface area contributed by atoms with Crippen molar-refractivity contribution in [2.45, 2.75) is 207 Å². The first kappa shape index (κ1) is 47.9. The van der Waals surface area contributed by atoms with E-state index in [2.05, 4.69) is 125 Å². The summed E-state index contributed by atoms with van der Waals surface area (Å²) in [5, 5.41) is 0. The maximum Gasteiger partial charge on any atom is 0.0895 e. The van der Waals surface area contributed by atoms with E-state index in [-0.39, 0.29) is 5.60 Å². The van der Waals surface area contributed by atoms with Crippen molar-refractivity contribution in [2.75, 3.05) is 13.2 Å². The van der Waals surface area contributed by atoms with Crippen LogP contribution in [0, 0.1) is 70.5 Å². The smallest absolute Gasteiger partial charge is 0.0895 e. The molecule has 7 fully saturated rings. The first-order chi connectivity index (χ1) is 22.1. The number of rotatable bonds is 7. The third kappa shape index (κ3) is 24.1. The first-order valence-electron chi connectivity index (χ1n) is 21.0. The van der Waals surface area contributed by atoms with Gasteiger partial charge in [-0.3, -0.25) is 0 Å². The van der Waals surface area contributed by atoms with Gasteiger partial charge in [0, 0.05) is 0 Å². The van der Waals surface area contributed by atoms with Crippen LogP contribution in [0.4, 0.5) is 0 Å². The van der Waals surface area contributed by atoms with Crippen molar-refractivity contribution in [1.29, 1.82) is 0 Å². The molecule has 0 bridgehead atoms. The van der Waals surface area contributed by atoms with Crippen molar-refractivity contribution in [3.63, 3.8) is 0 Å². The summed E-state index contributed by atoms with van der Waals surface area (Å²) in [4.78, 5) is 0. The topological polar surface area (TPSA) is 37.6 Å². The van der Waals surface area contributed by atoms with Gasteiger partial charge in [-0.05, 0) is 129 Å². The Morgan fingerprint density at radius 3 is 0.833 bits per heavy atom. The van der Waals surface area contributed by atoms with Crippen LogP contribution in [0.25, 0.3) is 0 Å². The summed E-state index contributed by atoms with van der Waals surface area (Å²) in [6.45, 7) is 46.5. The molecule has 3 aliphatic heterocycles. The second kappa shape index (κ2) is 22.7. The molecule has 0 aromatic heterocycles. The van der Waals surface area contributed by atoms with Gasteiger partial charge >= 0.3 is 0 Å². The van der Waals surface area contributed by atoms with Gasteiger partial charge in [0.2, 0.25) is 0 Å². The minimum Gasteiger partial charge on any atom is -0.373 e. The zero-order chi connectivity index (χ0) is 37.6. The fourth-order valence-electron chi connectivity index (χ4n) is 5.69. The van der Waals surface area contributed by atoms with Crippen molar-refractivity contribution in [1.82, 2.24) is 0 Å². The Morgan fingerprint density at radius 2 is 0.833 bits per heavy atom. The van der Waals surface area contributed by atoms with E-state index >= 15 is 0 Å². The number of hydrogen-bond acceptors (Lipinski definition) is 3. The molecule has 4 aliphatic carbocycles. The van der Waals surface area contributed by atoms with E-state index in [0.717, 1.165) is 77.8 Å². The van der Waals surface area contributed by atoms with Crippen molar-refractivity contribution in [2.24, 2.45) is 70.5 Å². The van der Waals surface area contributed by atoms with Crippen LogP contribution in [0.15, 0.2) is 0 Å². The largest absolute Gasteiger partial charge is 0.373 e. The molecule has 0 N–H and O–H groups in total. The van der Waals surface area contributed by atoms with Crippen molar-refractivity contribution < 1.29 is 14.2 Å². The molecule has 0 aromatic rings. The van der Waals surface area contributed by atoms with E-state index in [0.29, 0.717) is 24.2 Å². The summed E-state index contributed by atoms with van der Waals surface area (Å²) in [6, 6.07) is 0. The minimum atomic E-state index is 0.189. The molecule has 7 aliphatic rings. The molecule has 48 heavy (non-hydrogen) atoms. The highest BCUT2D eigenvalue weighted by molar-refractivity contribution is 4.96. The zero-order valence-corrected chi connectivity index (χ0v) is 36.7. The SMILES string of the molecule is CC.CC(C)C1(C)CC1.CC(C)C1CC1.CC(C)C1CC1.CC(C)C1CC1C.CC(C)C1CO1.CC(C)C1OC1(C)C.CC(C)[C@@H]1CO1. The maximum atomic E-state index is 5.37. The second-order valence-electron chi connectivity index (χ2n) is 19.2. The fraction of sp³-hybridized carbons (Fsp3) is 1.00. The van der Waals surface area contributed by atoms with Gasteiger partial charge in [0.25, 0.3) is 0 Å². The van der Waals surface area contributed by atoms with Gasteiger partial charge in [-0.1, -0.05) is 125 Å². The molecular weight excluding hydrogens is 588 g/mol. The predicted molar refractivity (Wildman–Crippen MR) is 214 cm³/mol. The lowest BCUT2D eigenvalue weighted by Gasteiger charge is -2.10. The third-order valence-electron chi connectivity index (χ3n) is 11.5. The molecule has 290 valence electrons. The Morgan fingerprint density at radius 1 is 0.521 bits per heavy atom. The van der Waals surface area contributed by atoms with E-state index in [1.54, 1.807) is 0 Å². The van der Waals surface area contributed by atoms with E-state index in [9.17, 15) is 0 Å². The van der Waals surface area contributed by atoms with Crippen molar-refractivity contribution >= 4 is 0 Å².